The van der Waals surface area contributed by atoms with Gasteiger partial charge >= 0.3 is 0 Å². The maximum absolute atomic E-state index is 12.1. The number of carbonyl (C=O) groups excluding carboxylic acids is 1. The Morgan fingerprint density at radius 3 is 3.00 bits per heavy atom. The van der Waals surface area contributed by atoms with E-state index in [2.05, 4.69) is 27.5 Å². The maximum Gasteiger partial charge on any atom is 0.271 e. The summed E-state index contributed by atoms with van der Waals surface area (Å²) in [5, 5.41) is 6.13. The van der Waals surface area contributed by atoms with E-state index in [4.69, 9.17) is 0 Å². The van der Waals surface area contributed by atoms with Crippen LogP contribution in [0.5, 0.6) is 0 Å². The average Bonchev–Trinajstić information content (AvgIpc) is 2.39. The smallest absolute Gasteiger partial charge is 0.271 e. The van der Waals surface area contributed by atoms with Crippen molar-refractivity contribution in [1.82, 2.24) is 15.3 Å². The highest BCUT2D eigenvalue weighted by Crippen LogP contribution is 2.23. The highest BCUT2D eigenvalue weighted by atomic mass is 16.1. The monoisotopic (exact) mass is 262 g/mol. The Balaban J connectivity index is 1.97. The zero-order chi connectivity index (χ0) is 13.7. The van der Waals surface area contributed by atoms with Crippen LogP contribution in [0.25, 0.3) is 0 Å². The predicted molar refractivity (Wildman–Crippen MR) is 75.1 cm³/mol. The number of hydrogen-bond acceptors (Lipinski definition) is 4. The van der Waals surface area contributed by atoms with Crippen LogP contribution in [0.3, 0.4) is 0 Å². The molecule has 1 fully saturated rings. The van der Waals surface area contributed by atoms with E-state index >= 15 is 0 Å². The van der Waals surface area contributed by atoms with Crippen LogP contribution in [0, 0.1) is 5.92 Å². The number of hydrogen-bond donors (Lipinski definition) is 2. The molecule has 2 rings (SSSR count). The number of carbonyl (C=O) groups is 1. The van der Waals surface area contributed by atoms with Gasteiger partial charge in [-0.3, -0.25) is 9.78 Å². The van der Waals surface area contributed by atoms with Gasteiger partial charge in [0, 0.05) is 12.6 Å². The first kappa shape index (κ1) is 13.8. The van der Waals surface area contributed by atoms with E-state index in [-0.39, 0.29) is 11.9 Å². The molecule has 1 saturated carbocycles. The van der Waals surface area contributed by atoms with Gasteiger partial charge in [0.05, 0.1) is 12.4 Å². The van der Waals surface area contributed by atoms with Gasteiger partial charge in [0.15, 0.2) is 0 Å². The summed E-state index contributed by atoms with van der Waals surface area (Å²) in [6.45, 7) is 4.99. The molecule has 1 aromatic heterocycles. The van der Waals surface area contributed by atoms with Crippen LogP contribution in [-0.2, 0) is 0 Å². The highest BCUT2D eigenvalue weighted by Gasteiger charge is 2.21. The normalized spacial score (nSPS) is 22.8. The lowest BCUT2D eigenvalue weighted by Crippen LogP contribution is -2.38. The Morgan fingerprint density at radius 1 is 1.42 bits per heavy atom. The average molecular weight is 262 g/mol. The Labute approximate surface area is 114 Å². The molecule has 1 amide bonds. The van der Waals surface area contributed by atoms with Gasteiger partial charge < -0.3 is 10.6 Å². The van der Waals surface area contributed by atoms with Crippen LogP contribution in [-0.4, -0.2) is 28.5 Å². The van der Waals surface area contributed by atoms with Gasteiger partial charge in [0.1, 0.15) is 11.5 Å². The zero-order valence-electron chi connectivity index (χ0n) is 11.6. The molecular formula is C14H22N4O. The molecule has 0 bridgehead atoms. The molecule has 104 valence electrons. The van der Waals surface area contributed by atoms with E-state index in [9.17, 15) is 4.79 Å². The first-order valence-electron chi connectivity index (χ1n) is 7.05. The van der Waals surface area contributed by atoms with Gasteiger partial charge in [-0.25, -0.2) is 4.98 Å². The molecule has 1 heterocycles. The van der Waals surface area contributed by atoms with Crippen LogP contribution >= 0.6 is 0 Å². The summed E-state index contributed by atoms with van der Waals surface area (Å²) in [4.78, 5) is 20.4. The van der Waals surface area contributed by atoms with Crippen LogP contribution in [0.1, 0.15) is 50.0 Å². The molecule has 1 aliphatic carbocycles. The SMILES string of the molecule is CCNc1cncc(C(=O)NC2CCCC(C)C2)n1. The van der Waals surface area contributed by atoms with E-state index < -0.39 is 0 Å². The first-order valence-corrected chi connectivity index (χ1v) is 7.05. The fraction of sp³-hybridized carbons (Fsp3) is 0.643. The van der Waals surface area contributed by atoms with Gasteiger partial charge in [-0.05, 0) is 25.7 Å². The van der Waals surface area contributed by atoms with Gasteiger partial charge in [-0.15, -0.1) is 0 Å². The molecule has 5 heteroatoms. The quantitative estimate of drug-likeness (QED) is 0.873. The van der Waals surface area contributed by atoms with Crippen molar-refractivity contribution in [2.45, 2.75) is 45.6 Å². The summed E-state index contributed by atoms with van der Waals surface area (Å²) < 4.78 is 0. The van der Waals surface area contributed by atoms with Gasteiger partial charge in [0.25, 0.3) is 5.91 Å². The number of nitrogens with zero attached hydrogens (tertiary/aromatic N) is 2. The largest absolute Gasteiger partial charge is 0.369 e. The number of nitrogens with one attached hydrogen (secondary N) is 2. The van der Waals surface area contributed by atoms with Gasteiger partial charge in [-0.2, -0.15) is 0 Å². The molecule has 0 aliphatic heterocycles. The maximum atomic E-state index is 12.1. The van der Waals surface area contributed by atoms with Crippen molar-refractivity contribution in [3.8, 4) is 0 Å². The summed E-state index contributed by atoms with van der Waals surface area (Å²) in [6.07, 6.45) is 7.73. The summed E-state index contributed by atoms with van der Waals surface area (Å²) in [7, 11) is 0. The summed E-state index contributed by atoms with van der Waals surface area (Å²) in [6, 6.07) is 0.279. The topological polar surface area (TPSA) is 66.9 Å². The molecule has 19 heavy (non-hydrogen) atoms. The third-order valence-electron chi connectivity index (χ3n) is 3.50. The van der Waals surface area contributed by atoms with Gasteiger partial charge in [-0.1, -0.05) is 19.8 Å². The van der Waals surface area contributed by atoms with Crippen molar-refractivity contribution in [3.05, 3.63) is 18.1 Å². The van der Waals surface area contributed by atoms with E-state index in [1.807, 2.05) is 6.92 Å². The number of amides is 1. The zero-order valence-corrected chi connectivity index (χ0v) is 11.6. The Hall–Kier alpha value is -1.65. The van der Waals surface area contributed by atoms with Crippen molar-refractivity contribution in [1.29, 1.82) is 0 Å². The second-order valence-electron chi connectivity index (χ2n) is 5.26. The van der Waals surface area contributed by atoms with E-state index in [1.54, 1.807) is 6.20 Å². The van der Waals surface area contributed by atoms with Crippen molar-refractivity contribution < 1.29 is 4.79 Å². The fourth-order valence-electron chi connectivity index (χ4n) is 2.57. The Kier molecular flexibility index (Phi) is 4.71. The Bertz CT molecular complexity index is 435. The molecule has 1 aromatic rings. The molecular weight excluding hydrogens is 240 g/mol. The van der Waals surface area contributed by atoms with Crippen molar-refractivity contribution in [3.63, 3.8) is 0 Å². The molecule has 0 saturated heterocycles. The van der Waals surface area contributed by atoms with Crippen molar-refractivity contribution in [2.24, 2.45) is 5.92 Å². The molecule has 2 atom stereocenters. The molecule has 1 aliphatic rings. The summed E-state index contributed by atoms with van der Waals surface area (Å²) in [5.41, 5.74) is 0.386. The lowest BCUT2D eigenvalue weighted by atomic mass is 9.87. The molecule has 2 N–H and O–H groups in total. The number of anilines is 1. The Morgan fingerprint density at radius 2 is 2.26 bits per heavy atom. The second-order valence-corrected chi connectivity index (χ2v) is 5.26. The minimum atomic E-state index is -0.119. The minimum absolute atomic E-state index is 0.119. The number of rotatable bonds is 4. The molecule has 5 nitrogen and oxygen atoms in total. The van der Waals surface area contributed by atoms with E-state index in [0.29, 0.717) is 17.4 Å². The van der Waals surface area contributed by atoms with Gasteiger partial charge in [0.2, 0.25) is 0 Å². The van der Waals surface area contributed by atoms with Crippen LogP contribution in [0.4, 0.5) is 5.82 Å². The third-order valence-corrected chi connectivity index (χ3v) is 3.50. The molecule has 0 spiro atoms. The minimum Gasteiger partial charge on any atom is -0.369 e. The van der Waals surface area contributed by atoms with Crippen LogP contribution in [0.2, 0.25) is 0 Å². The standard InChI is InChI=1S/C14H22N4O/c1-3-16-13-9-15-8-12(18-13)14(19)17-11-6-4-5-10(2)7-11/h8-11H,3-7H2,1-2H3,(H,16,18)(H,17,19). The molecule has 0 aromatic carbocycles. The molecule has 0 radical (unpaired) electrons. The lowest BCUT2D eigenvalue weighted by molar-refractivity contribution is 0.0916. The highest BCUT2D eigenvalue weighted by molar-refractivity contribution is 5.92. The third kappa shape index (κ3) is 3.91. The lowest BCUT2D eigenvalue weighted by Gasteiger charge is -2.27. The summed E-state index contributed by atoms with van der Waals surface area (Å²) >= 11 is 0. The first-order chi connectivity index (χ1) is 9.19. The molecule has 2 unspecified atom stereocenters. The van der Waals surface area contributed by atoms with E-state index in [0.717, 1.165) is 19.4 Å². The van der Waals surface area contributed by atoms with Crippen molar-refractivity contribution >= 4 is 11.7 Å². The van der Waals surface area contributed by atoms with Crippen molar-refractivity contribution in [2.75, 3.05) is 11.9 Å². The summed E-state index contributed by atoms with van der Waals surface area (Å²) in [5.74, 6) is 1.22. The predicted octanol–water partition coefficient (Wildman–Crippen LogP) is 2.22. The van der Waals surface area contributed by atoms with E-state index in [1.165, 1.54) is 19.0 Å². The second kappa shape index (κ2) is 6.50. The fourth-order valence-corrected chi connectivity index (χ4v) is 2.57. The number of aromatic nitrogens is 2. The van der Waals surface area contributed by atoms with Crippen LogP contribution < -0.4 is 10.6 Å². The van der Waals surface area contributed by atoms with Crippen LogP contribution in [0.15, 0.2) is 12.4 Å².